The average molecular weight is 893 g/mol. The van der Waals surface area contributed by atoms with Gasteiger partial charge in [-0.05, 0) is 117 Å². The van der Waals surface area contributed by atoms with E-state index in [1.165, 1.54) is 60.8 Å². The average Bonchev–Trinajstić information content (AvgIpc) is 3.92. The number of nitrogens with zero attached hydrogens (tertiary/aromatic N) is 2. The van der Waals surface area contributed by atoms with Crippen molar-refractivity contribution in [2.75, 3.05) is 4.90 Å². The van der Waals surface area contributed by atoms with E-state index in [4.69, 9.17) is 4.74 Å². The molecule has 1 aromatic heterocycles. The van der Waals surface area contributed by atoms with Crippen molar-refractivity contribution in [2.45, 2.75) is 5.41 Å². The molecule has 0 radical (unpaired) electrons. The maximum atomic E-state index is 6.76. The van der Waals surface area contributed by atoms with Crippen LogP contribution in [0.25, 0.3) is 72.0 Å². The van der Waals surface area contributed by atoms with Gasteiger partial charge in [-0.3, -0.25) is 0 Å². The van der Waals surface area contributed by atoms with Gasteiger partial charge in [-0.1, -0.05) is 200 Å². The number of fused-ring (bicyclic) bond motifs is 12. The van der Waals surface area contributed by atoms with Crippen molar-refractivity contribution in [3.8, 4) is 61.7 Å². The number of ether oxygens (including phenoxy) is 1. The Morgan fingerprint density at radius 2 is 0.800 bits per heavy atom. The summed E-state index contributed by atoms with van der Waals surface area (Å²) in [6.45, 7) is 0. The summed E-state index contributed by atoms with van der Waals surface area (Å²) in [5, 5.41) is 2.40. The highest BCUT2D eigenvalue weighted by molar-refractivity contribution is 6.11. The molecule has 0 amide bonds. The van der Waals surface area contributed by atoms with Gasteiger partial charge < -0.3 is 14.2 Å². The maximum Gasteiger partial charge on any atom is 0.132 e. The Morgan fingerprint density at radius 1 is 0.314 bits per heavy atom. The zero-order valence-corrected chi connectivity index (χ0v) is 38.2. The lowest BCUT2D eigenvalue weighted by Crippen LogP contribution is -2.32. The molecule has 0 bridgehead atoms. The van der Waals surface area contributed by atoms with Gasteiger partial charge in [-0.2, -0.15) is 0 Å². The summed E-state index contributed by atoms with van der Waals surface area (Å²) in [5.41, 5.74) is 20.3. The van der Waals surface area contributed by atoms with E-state index in [1.807, 2.05) is 0 Å². The van der Waals surface area contributed by atoms with Gasteiger partial charge in [0.1, 0.15) is 11.5 Å². The fourth-order valence-electron chi connectivity index (χ4n) is 11.8. The molecule has 0 saturated heterocycles. The Hall–Kier alpha value is -9.18. The van der Waals surface area contributed by atoms with Crippen LogP contribution in [0.1, 0.15) is 22.3 Å². The minimum Gasteiger partial charge on any atom is -0.457 e. The number of hydrogen-bond acceptors (Lipinski definition) is 2. The predicted molar refractivity (Wildman–Crippen MR) is 289 cm³/mol. The minimum absolute atomic E-state index is 0.626. The summed E-state index contributed by atoms with van der Waals surface area (Å²) in [4.78, 5) is 2.50. The van der Waals surface area contributed by atoms with Crippen LogP contribution in [0.4, 0.5) is 17.1 Å². The van der Waals surface area contributed by atoms with Gasteiger partial charge in [0, 0.05) is 44.5 Å². The lowest BCUT2D eigenvalue weighted by Gasteiger charge is -2.39. The number of aromatic nitrogens is 1. The maximum absolute atomic E-state index is 6.76. The van der Waals surface area contributed by atoms with Crippen molar-refractivity contribution in [3.05, 3.63) is 289 Å². The molecule has 0 N–H and O–H groups in total. The van der Waals surface area contributed by atoms with E-state index < -0.39 is 5.41 Å². The van der Waals surface area contributed by atoms with E-state index in [1.54, 1.807) is 0 Å². The zero-order chi connectivity index (χ0) is 46.2. The van der Waals surface area contributed by atoms with Gasteiger partial charge >= 0.3 is 0 Å². The van der Waals surface area contributed by atoms with Crippen LogP contribution in [-0.2, 0) is 5.41 Å². The largest absolute Gasteiger partial charge is 0.457 e. The van der Waals surface area contributed by atoms with Crippen LogP contribution in [0.5, 0.6) is 11.5 Å². The third kappa shape index (κ3) is 5.95. The molecule has 3 heteroatoms. The van der Waals surface area contributed by atoms with Gasteiger partial charge in [-0.25, -0.2) is 0 Å². The lowest BCUT2D eigenvalue weighted by atomic mass is 9.66. The van der Waals surface area contributed by atoms with Crippen LogP contribution in [0.15, 0.2) is 267 Å². The summed E-state index contributed by atoms with van der Waals surface area (Å²) >= 11 is 0. The van der Waals surface area contributed by atoms with Crippen LogP contribution >= 0.6 is 0 Å². The molecular weight excluding hydrogens is 849 g/mol. The fraction of sp³-hybridized carbons (Fsp3) is 0.0149. The smallest absolute Gasteiger partial charge is 0.132 e. The first-order valence-electron chi connectivity index (χ1n) is 24.1. The summed E-state index contributed by atoms with van der Waals surface area (Å²) in [5.74, 6) is 1.76. The van der Waals surface area contributed by atoms with Crippen molar-refractivity contribution in [3.63, 3.8) is 0 Å². The topological polar surface area (TPSA) is 17.4 Å². The molecule has 0 saturated carbocycles. The van der Waals surface area contributed by atoms with Gasteiger partial charge in [0.25, 0.3) is 0 Å². The molecule has 0 atom stereocenters. The third-order valence-corrected chi connectivity index (χ3v) is 14.7. The Balaban J connectivity index is 1.05. The monoisotopic (exact) mass is 892 g/mol. The summed E-state index contributed by atoms with van der Waals surface area (Å²) in [6, 6.07) is 97.3. The quantitative estimate of drug-likeness (QED) is 0.159. The van der Waals surface area contributed by atoms with E-state index in [2.05, 4.69) is 276 Å². The van der Waals surface area contributed by atoms with Gasteiger partial charge in [0.2, 0.25) is 0 Å². The van der Waals surface area contributed by atoms with Crippen molar-refractivity contribution < 1.29 is 4.74 Å². The highest BCUT2D eigenvalue weighted by Gasteiger charge is 2.51. The molecule has 1 aliphatic heterocycles. The molecule has 12 aromatic rings. The van der Waals surface area contributed by atoms with Crippen LogP contribution in [0, 0.1) is 0 Å². The van der Waals surface area contributed by atoms with Crippen LogP contribution in [-0.4, -0.2) is 4.57 Å². The molecule has 1 aliphatic carbocycles. The number of anilines is 3. The van der Waals surface area contributed by atoms with Crippen molar-refractivity contribution in [1.82, 2.24) is 4.57 Å². The Bertz CT molecular complexity index is 3950. The first-order chi connectivity index (χ1) is 34.8. The lowest BCUT2D eigenvalue weighted by molar-refractivity contribution is 0.436. The SMILES string of the molecule is c1ccc(-c2ccccc2-c2ccccc2-c2ccccc2N(c2ccc3c(c2)C2(c4ccccc4Oc4ccccc42)c2ccccc2-3)c2ccc3c(c2)c2ccccc2n3-c2ccccc2)cc1. The highest BCUT2D eigenvalue weighted by atomic mass is 16.5. The van der Waals surface area contributed by atoms with E-state index in [0.717, 1.165) is 62.0 Å². The molecule has 2 aliphatic rings. The second kappa shape index (κ2) is 16.0. The Kier molecular flexibility index (Phi) is 9.11. The van der Waals surface area contributed by atoms with Crippen LogP contribution in [0.2, 0.25) is 0 Å². The first kappa shape index (κ1) is 39.9. The normalized spacial score (nSPS) is 12.8. The molecule has 70 heavy (non-hydrogen) atoms. The van der Waals surface area contributed by atoms with Crippen LogP contribution < -0.4 is 9.64 Å². The standard InChI is InChI=1S/C67H44N2O/c1-3-21-45(22-4-1)49-25-7-8-26-50(49)51-27-9-10-28-52(51)55-30-12-17-35-62(55)68(47-40-42-64-57(43-47)56-31-13-18-36-63(56)69(64)46-23-5-2-6-24-46)48-39-41-54-53-29-11-14-32-58(53)67(61(54)44-48)59-33-15-19-37-65(59)70-66-38-20-16-34-60(66)67/h1-44H. The molecule has 1 spiro atoms. The number of rotatable bonds is 7. The minimum atomic E-state index is -0.626. The van der Waals surface area contributed by atoms with E-state index in [0.29, 0.717) is 0 Å². The van der Waals surface area contributed by atoms with Gasteiger partial charge in [0.05, 0.1) is 22.1 Å². The van der Waals surface area contributed by atoms with E-state index >= 15 is 0 Å². The molecule has 0 unspecified atom stereocenters. The summed E-state index contributed by atoms with van der Waals surface area (Å²) in [7, 11) is 0. The van der Waals surface area contributed by atoms with E-state index in [9.17, 15) is 0 Å². The molecule has 11 aromatic carbocycles. The third-order valence-electron chi connectivity index (χ3n) is 14.7. The molecule has 0 fully saturated rings. The molecule has 3 nitrogen and oxygen atoms in total. The second-order valence-electron chi connectivity index (χ2n) is 18.3. The summed E-state index contributed by atoms with van der Waals surface area (Å²) < 4.78 is 9.15. The molecule has 328 valence electrons. The van der Waals surface area contributed by atoms with Crippen LogP contribution in [0.3, 0.4) is 0 Å². The number of benzene rings is 11. The molecule has 2 heterocycles. The Morgan fingerprint density at radius 3 is 1.53 bits per heavy atom. The first-order valence-corrected chi connectivity index (χ1v) is 24.1. The number of para-hydroxylation sites is 5. The molecular formula is C67H44N2O. The van der Waals surface area contributed by atoms with E-state index in [-0.39, 0.29) is 0 Å². The predicted octanol–water partition coefficient (Wildman–Crippen LogP) is 17.7. The Labute approximate surface area is 407 Å². The zero-order valence-electron chi connectivity index (χ0n) is 38.2. The molecule has 14 rings (SSSR count). The second-order valence-corrected chi connectivity index (χ2v) is 18.3. The fourth-order valence-corrected chi connectivity index (χ4v) is 11.8. The number of hydrogen-bond donors (Lipinski definition) is 0. The summed E-state index contributed by atoms with van der Waals surface area (Å²) in [6.07, 6.45) is 0. The van der Waals surface area contributed by atoms with Gasteiger partial charge in [0.15, 0.2) is 0 Å². The van der Waals surface area contributed by atoms with Gasteiger partial charge in [-0.15, -0.1) is 0 Å². The highest BCUT2D eigenvalue weighted by Crippen LogP contribution is 2.63. The van der Waals surface area contributed by atoms with Crippen molar-refractivity contribution in [2.24, 2.45) is 0 Å². The van der Waals surface area contributed by atoms with Crippen molar-refractivity contribution in [1.29, 1.82) is 0 Å². The van der Waals surface area contributed by atoms with Crippen molar-refractivity contribution >= 4 is 38.9 Å².